The predicted molar refractivity (Wildman–Crippen MR) is 54.7 cm³/mol. The Hall–Kier alpha value is -1.30. The van der Waals surface area contributed by atoms with Crippen LogP contribution in [0.3, 0.4) is 0 Å². The van der Waals surface area contributed by atoms with Gasteiger partial charge in [0.1, 0.15) is 0 Å². The molecule has 0 aromatic carbocycles. The summed E-state index contributed by atoms with van der Waals surface area (Å²) < 4.78 is 0. The normalized spacial score (nSPS) is 14.0. The molecule has 1 rings (SSSR count). The van der Waals surface area contributed by atoms with Crippen molar-refractivity contribution in [3.8, 4) is 0 Å². The fourth-order valence-corrected chi connectivity index (χ4v) is 0.848. The van der Waals surface area contributed by atoms with Crippen molar-refractivity contribution < 1.29 is 5.11 Å². The van der Waals surface area contributed by atoms with E-state index in [0.29, 0.717) is 12.5 Å². The molecule has 0 saturated heterocycles. The number of rotatable bonds is 3. The van der Waals surface area contributed by atoms with Crippen molar-refractivity contribution in [2.45, 2.75) is 26.9 Å². The maximum absolute atomic E-state index is 9.69. The van der Waals surface area contributed by atoms with Crippen LogP contribution in [0, 0.1) is 5.41 Å². The van der Waals surface area contributed by atoms with Gasteiger partial charge in [0.05, 0.1) is 6.10 Å². The van der Waals surface area contributed by atoms with Crippen molar-refractivity contribution in [2.75, 3.05) is 17.6 Å². The van der Waals surface area contributed by atoms with Crippen LogP contribution < -0.4 is 11.1 Å². The van der Waals surface area contributed by atoms with E-state index < -0.39 is 6.10 Å². The zero-order chi connectivity index (χ0) is 10.8. The molecule has 0 amide bonds. The first-order chi connectivity index (χ1) is 6.39. The van der Waals surface area contributed by atoms with E-state index in [1.807, 2.05) is 20.8 Å². The molecular formula is C8H17N5O. The molecule has 1 atom stereocenters. The molecule has 1 heterocycles. The van der Waals surface area contributed by atoms with E-state index in [4.69, 9.17) is 5.73 Å². The smallest absolute Gasteiger partial charge is 0.243 e. The summed E-state index contributed by atoms with van der Waals surface area (Å²) in [6.45, 7) is 6.30. The second kappa shape index (κ2) is 3.83. The average Bonchev–Trinajstić information content (AvgIpc) is 2.45. The molecule has 1 aromatic heterocycles. The molecule has 1 unspecified atom stereocenters. The second-order valence-electron chi connectivity index (χ2n) is 4.31. The average molecular weight is 199 g/mol. The number of nitrogens with one attached hydrogen (secondary N) is 2. The van der Waals surface area contributed by atoms with E-state index in [2.05, 4.69) is 20.5 Å². The van der Waals surface area contributed by atoms with Gasteiger partial charge >= 0.3 is 0 Å². The Balaban J connectivity index is 2.41. The lowest BCUT2D eigenvalue weighted by Crippen LogP contribution is -2.33. The predicted octanol–water partition coefficient (Wildman–Crippen LogP) is 0.206. The highest BCUT2D eigenvalue weighted by molar-refractivity contribution is 5.29. The molecule has 0 aliphatic rings. The summed E-state index contributed by atoms with van der Waals surface area (Å²) in [4.78, 5) is 3.85. The quantitative estimate of drug-likeness (QED) is 0.557. The minimum absolute atomic E-state index is 0.158. The van der Waals surface area contributed by atoms with E-state index >= 15 is 0 Å². The van der Waals surface area contributed by atoms with Gasteiger partial charge < -0.3 is 16.2 Å². The molecule has 1 aromatic rings. The number of nitrogens with two attached hydrogens (primary N) is 1. The number of H-pyrrole nitrogens is 1. The lowest BCUT2D eigenvalue weighted by Gasteiger charge is -2.25. The number of nitrogens with zero attached hydrogens (tertiary/aromatic N) is 2. The first-order valence-electron chi connectivity index (χ1n) is 4.49. The number of aromatic amines is 1. The van der Waals surface area contributed by atoms with Gasteiger partial charge in [-0.05, 0) is 5.41 Å². The number of aliphatic hydroxyl groups excluding tert-OH is 1. The number of anilines is 2. The van der Waals surface area contributed by atoms with Crippen LogP contribution in [0.1, 0.15) is 20.8 Å². The molecule has 0 aliphatic heterocycles. The van der Waals surface area contributed by atoms with Gasteiger partial charge in [-0.2, -0.15) is 4.98 Å². The number of nitrogen functional groups attached to an aromatic ring is 1. The minimum atomic E-state index is -0.456. The Morgan fingerprint density at radius 1 is 1.57 bits per heavy atom. The fraction of sp³-hybridized carbons (Fsp3) is 0.750. The largest absolute Gasteiger partial charge is 0.391 e. The Morgan fingerprint density at radius 2 is 2.21 bits per heavy atom. The standard InChI is InChI=1S/C8H17N5O/c1-8(2,3)5(14)4-10-7-11-6(9)12-13-7/h5,14H,4H2,1-3H3,(H4,9,10,11,12,13). The monoisotopic (exact) mass is 199 g/mol. The van der Waals surface area contributed by atoms with Crippen molar-refractivity contribution in [2.24, 2.45) is 5.41 Å². The van der Waals surface area contributed by atoms with Crippen molar-refractivity contribution in [3.05, 3.63) is 0 Å². The zero-order valence-corrected chi connectivity index (χ0v) is 8.70. The van der Waals surface area contributed by atoms with E-state index in [0.717, 1.165) is 0 Å². The lowest BCUT2D eigenvalue weighted by molar-refractivity contribution is 0.0744. The van der Waals surface area contributed by atoms with Gasteiger partial charge in [-0.15, -0.1) is 5.10 Å². The Labute approximate surface area is 82.9 Å². The molecule has 0 radical (unpaired) electrons. The molecule has 80 valence electrons. The summed E-state index contributed by atoms with van der Waals surface area (Å²) in [5.74, 6) is 0.670. The molecule has 0 saturated carbocycles. The molecule has 0 fully saturated rings. The maximum Gasteiger partial charge on any atom is 0.243 e. The zero-order valence-electron chi connectivity index (χ0n) is 8.70. The molecular weight excluding hydrogens is 182 g/mol. The molecule has 14 heavy (non-hydrogen) atoms. The number of hydrogen-bond acceptors (Lipinski definition) is 5. The lowest BCUT2D eigenvalue weighted by atomic mass is 9.89. The second-order valence-corrected chi connectivity index (χ2v) is 4.31. The minimum Gasteiger partial charge on any atom is -0.391 e. The highest BCUT2D eigenvalue weighted by Crippen LogP contribution is 2.18. The molecule has 0 aliphatic carbocycles. The maximum atomic E-state index is 9.69. The van der Waals surface area contributed by atoms with Gasteiger partial charge in [-0.1, -0.05) is 20.8 Å². The Kier molecular flexibility index (Phi) is 2.95. The topological polar surface area (TPSA) is 99.8 Å². The highest BCUT2D eigenvalue weighted by Gasteiger charge is 2.21. The summed E-state index contributed by atoms with van der Waals surface area (Å²) in [6, 6.07) is 0. The molecule has 6 heteroatoms. The molecule has 5 N–H and O–H groups in total. The number of aromatic nitrogens is 3. The highest BCUT2D eigenvalue weighted by atomic mass is 16.3. The fourth-order valence-electron chi connectivity index (χ4n) is 0.848. The van der Waals surface area contributed by atoms with Gasteiger partial charge in [0.15, 0.2) is 0 Å². The first kappa shape index (κ1) is 10.8. The van der Waals surface area contributed by atoms with Crippen LogP contribution in [-0.2, 0) is 0 Å². The summed E-state index contributed by atoms with van der Waals surface area (Å²) in [5, 5.41) is 18.9. The number of hydrogen-bond donors (Lipinski definition) is 4. The third-order valence-electron chi connectivity index (χ3n) is 1.96. The van der Waals surface area contributed by atoms with Crippen LogP contribution in [0.15, 0.2) is 0 Å². The van der Waals surface area contributed by atoms with Crippen LogP contribution in [0.5, 0.6) is 0 Å². The van der Waals surface area contributed by atoms with Crippen molar-refractivity contribution in [1.82, 2.24) is 15.2 Å². The van der Waals surface area contributed by atoms with Crippen molar-refractivity contribution in [3.63, 3.8) is 0 Å². The van der Waals surface area contributed by atoms with Crippen LogP contribution in [0.2, 0.25) is 0 Å². The van der Waals surface area contributed by atoms with Crippen LogP contribution >= 0.6 is 0 Å². The van der Waals surface area contributed by atoms with E-state index in [1.165, 1.54) is 0 Å². The van der Waals surface area contributed by atoms with Gasteiger partial charge in [0.2, 0.25) is 11.9 Å². The van der Waals surface area contributed by atoms with Gasteiger partial charge in [0.25, 0.3) is 0 Å². The van der Waals surface area contributed by atoms with E-state index in [1.54, 1.807) is 0 Å². The summed E-state index contributed by atoms with van der Waals surface area (Å²) in [5.41, 5.74) is 5.18. The third-order valence-corrected chi connectivity index (χ3v) is 1.96. The SMILES string of the molecule is CC(C)(C)C(O)CNc1n[nH]c(N)n1. The number of aliphatic hydroxyl groups is 1. The van der Waals surface area contributed by atoms with E-state index in [-0.39, 0.29) is 11.4 Å². The van der Waals surface area contributed by atoms with Gasteiger partial charge in [0, 0.05) is 6.54 Å². The van der Waals surface area contributed by atoms with Crippen LogP contribution in [0.4, 0.5) is 11.9 Å². The summed E-state index contributed by atoms with van der Waals surface area (Å²) in [6.07, 6.45) is -0.456. The molecule has 0 spiro atoms. The summed E-state index contributed by atoms with van der Waals surface area (Å²) in [7, 11) is 0. The van der Waals surface area contributed by atoms with Gasteiger partial charge in [-0.3, -0.25) is 0 Å². The van der Waals surface area contributed by atoms with Gasteiger partial charge in [-0.25, -0.2) is 5.10 Å². The van der Waals surface area contributed by atoms with Crippen molar-refractivity contribution >= 4 is 11.9 Å². The van der Waals surface area contributed by atoms with Crippen molar-refractivity contribution in [1.29, 1.82) is 0 Å². The Bertz CT molecular complexity index is 290. The molecule has 6 nitrogen and oxygen atoms in total. The van der Waals surface area contributed by atoms with E-state index in [9.17, 15) is 5.11 Å². The summed E-state index contributed by atoms with van der Waals surface area (Å²) >= 11 is 0. The third kappa shape index (κ3) is 2.88. The Morgan fingerprint density at radius 3 is 2.64 bits per heavy atom. The van der Waals surface area contributed by atoms with Crippen LogP contribution in [-0.4, -0.2) is 32.9 Å². The molecule has 0 bridgehead atoms. The first-order valence-corrected chi connectivity index (χ1v) is 4.49. The van der Waals surface area contributed by atoms with Crippen LogP contribution in [0.25, 0.3) is 0 Å².